The lowest BCUT2D eigenvalue weighted by atomic mass is 10.2. The van der Waals surface area contributed by atoms with Gasteiger partial charge in [0.1, 0.15) is 17.0 Å². The normalized spacial score (nSPS) is 10.6. The van der Waals surface area contributed by atoms with Gasteiger partial charge < -0.3 is 19.2 Å². The number of methoxy groups -OCH3 is 1. The number of nitrogens with one attached hydrogen (secondary N) is 1. The first-order chi connectivity index (χ1) is 13.7. The fourth-order valence-electron chi connectivity index (χ4n) is 2.75. The van der Waals surface area contributed by atoms with Crippen molar-refractivity contribution in [2.24, 2.45) is 0 Å². The van der Waals surface area contributed by atoms with Crippen LogP contribution >= 0.6 is 0 Å². The molecule has 6 nitrogen and oxygen atoms in total. The molecule has 6 heteroatoms. The molecule has 0 atom stereocenters. The first kappa shape index (κ1) is 17.6. The molecule has 0 bridgehead atoms. The Balaban J connectivity index is 1.47. The van der Waals surface area contributed by atoms with Crippen LogP contribution in [0.2, 0.25) is 0 Å². The van der Waals surface area contributed by atoms with Crippen molar-refractivity contribution in [1.29, 1.82) is 0 Å². The molecule has 0 unspecified atom stereocenters. The maximum absolute atomic E-state index is 12.1. The monoisotopic (exact) mass is 374 g/mol. The van der Waals surface area contributed by atoms with Gasteiger partial charge in [-0.2, -0.15) is 0 Å². The Labute approximate surface area is 161 Å². The molecular formula is C22H18N2O4. The molecular weight excluding hydrogens is 356 g/mol. The molecule has 0 aliphatic heterocycles. The summed E-state index contributed by atoms with van der Waals surface area (Å²) >= 11 is 0. The minimum absolute atomic E-state index is 0.0735. The van der Waals surface area contributed by atoms with Crippen molar-refractivity contribution in [1.82, 2.24) is 4.98 Å². The zero-order valence-electron chi connectivity index (χ0n) is 15.2. The molecule has 0 spiro atoms. The summed E-state index contributed by atoms with van der Waals surface area (Å²) in [6.45, 7) is -0.0735. The van der Waals surface area contributed by atoms with Crippen molar-refractivity contribution in [3.8, 4) is 23.0 Å². The summed E-state index contributed by atoms with van der Waals surface area (Å²) in [4.78, 5) is 16.6. The van der Waals surface area contributed by atoms with Gasteiger partial charge in [-0.3, -0.25) is 4.79 Å². The van der Waals surface area contributed by atoms with Gasteiger partial charge in [0, 0.05) is 11.3 Å². The molecule has 1 N–H and O–H groups in total. The molecule has 4 aromatic rings. The Morgan fingerprint density at radius 3 is 2.64 bits per heavy atom. The van der Waals surface area contributed by atoms with Gasteiger partial charge in [-0.15, -0.1) is 0 Å². The number of aromatic nitrogens is 1. The Bertz CT molecular complexity index is 1110. The number of hydrogen-bond donors (Lipinski definition) is 1. The molecule has 0 saturated carbocycles. The molecule has 3 aromatic carbocycles. The van der Waals surface area contributed by atoms with E-state index < -0.39 is 0 Å². The highest BCUT2D eigenvalue weighted by atomic mass is 16.5. The summed E-state index contributed by atoms with van der Waals surface area (Å²) in [6.07, 6.45) is 0. The minimum Gasteiger partial charge on any atom is -0.497 e. The molecule has 1 amide bonds. The van der Waals surface area contributed by atoms with Crippen LogP contribution in [-0.4, -0.2) is 24.6 Å². The van der Waals surface area contributed by atoms with Gasteiger partial charge in [0.25, 0.3) is 5.91 Å². The number of fused-ring (bicyclic) bond motifs is 1. The molecule has 140 valence electrons. The van der Waals surface area contributed by atoms with E-state index >= 15 is 0 Å². The predicted molar refractivity (Wildman–Crippen MR) is 107 cm³/mol. The van der Waals surface area contributed by atoms with Crippen molar-refractivity contribution in [3.63, 3.8) is 0 Å². The Hall–Kier alpha value is -3.80. The van der Waals surface area contributed by atoms with Gasteiger partial charge in [0.2, 0.25) is 5.89 Å². The van der Waals surface area contributed by atoms with E-state index in [9.17, 15) is 4.79 Å². The molecule has 4 rings (SSSR count). The largest absolute Gasteiger partial charge is 0.497 e. The number of benzene rings is 3. The smallest absolute Gasteiger partial charge is 0.262 e. The van der Waals surface area contributed by atoms with Crippen LogP contribution in [0, 0.1) is 0 Å². The molecule has 0 saturated heterocycles. The number of carbonyl (C=O) groups excluding carboxylic acids is 1. The third-order valence-corrected chi connectivity index (χ3v) is 4.10. The second-order valence-electron chi connectivity index (χ2n) is 6.08. The zero-order valence-corrected chi connectivity index (χ0v) is 15.2. The Morgan fingerprint density at radius 2 is 1.82 bits per heavy atom. The minimum atomic E-state index is -0.250. The number of carbonyl (C=O) groups is 1. The summed E-state index contributed by atoms with van der Waals surface area (Å²) in [7, 11) is 1.61. The highest BCUT2D eigenvalue weighted by molar-refractivity contribution is 5.94. The average molecular weight is 374 g/mol. The number of rotatable bonds is 6. The van der Waals surface area contributed by atoms with E-state index in [-0.39, 0.29) is 12.5 Å². The number of para-hydroxylation sites is 1. The number of amides is 1. The number of hydrogen-bond acceptors (Lipinski definition) is 5. The van der Waals surface area contributed by atoms with Crippen LogP contribution in [0.15, 0.2) is 77.2 Å². The van der Waals surface area contributed by atoms with Gasteiger partial charge in [-0.05, 0) is 48.5 Å². The standard InChI is InChI=1S/C22H18N2O4/c1-26-18-9-5-6-15(12-18)22-24-19-13-16(10-11-20(19)28-22)23-21(25)14-27-17-7-3-2-4-8-17/h2-13H,14H2,1H3,(H,23,25). The summed E-state index contributed by atoms with van der Waals surface area (Å²) in [5.41, 5.74) is 2.73. The SMILES string of the molecule is COc1cccc(-c2nc3cc(NC(=O)COc4ccccc4)ccc3o2)c1. The lowest BCUT2D eigenvalue weighted by Gasteiger charge is -2.07. The summed E-state index contributed by atoms with van der Waals surface area (Å²) in [6, 6.07) is 22.0. The first-order valence-corrected chi connectivity index (χ1v) is 8.74. The van der Waals surface area contributed by atoms with Gasteiger partial charge >= 0.3 is 0 Å². The van der Waals surface area contributed by atoms with Crippen LogP contribution < -0.4 is 14.8 Å². The van der Waals surface area contributed by atoms with Crippen LogP contribution in [0.1, 0.15) is 0 Å². The lowest BCUT2D eigenvalue weighted by Crippen LogP contribution is -2.20. The highest BCUT2D eigenvalue weighted by Crippen LogP contribution is 2.28. The molecule has 1 aromatic heterocycles. The van der Waals surface area contributed by atoms with E-state index in [0.29, 0.717) is 28.4 Å². The number of oxazole rings is 1. The highest BCUT2D eigenvalue weighted by Gasteiger charge is 2.11. The molecule has 0 radical (unpaired) electrons. The van der Waals surface area contributed by atoms with Crippen LogP contribution in [0.3, 0.4) is 0 Å². The van der Waals surface area contributed by atoms with Crippen molar-refractivity contribution >= 4 is 22.7 Å². The van der Waals surface area contributed by atoms with Gasteiger partial charge in [-0.1, -0.05) is 24.3 Å². The van der Waals surface area contributed by atoms with Crippen molar-refractivity contribution in [3.05, 3.63) is 72.8 Å². The third-order valence-electron chi connectivity index (χ3n) is 4.10. The van der Waals surface area contributed by atoms with E-state index in [0.717, 1.165) is 11.3 Å². The predicted octanol–water partition coefficient (Wildman–Crippen LogP) is 4.52. The average Bonchev–Trinajstić information content (AvgIpc) is 3.16. The van der Waals surface area contributed by atoms with Gasteiger partial charge in [0.05, 0.1) is 7.11 Å². The maximum Gasteiger partial charge on any atom is 0.262 e. The fraction of sp³-hybridized carbons (Fsp3) is 0.0909. The lowest BCUT2D eigenvalue weighted by molar-refractivity contribution is -0.118. The Kier molecular flexibility index (Phi) is 4.93. The second-order valence-corrected chi connectivity index (χ2v) is 6.08. The van der Waals surface area contributed by atoms with E-state index in [1.807, 2.05) is 42.5 Å². The number of nitrogens with zero attached hydrogens (tertiary/aromatic N) is 1. The van der Waals surface area contributed by atoms with Crippen LogP contribution in [0.4, 0.5) is 5.69 Å². The van der Waals surface area contributed by atoms with Crippen molar-refractivity contribution in [2.45, 2.75) is 0 Å². The number of ether oxygens (including phenoxy) is 2. The molecule has 1 heterocycles. The molecule has 28 heavy (non-hydrogen) atoms. The number of anilines is 1. The topological polar surface area (TPSA) is 73.6 Å². The quantitative estimate of drug-likeness (QED) is 0.537. The molecule has 0 aliphatic rings. The van der Waals surface area contributed by atoms with E-state index in [1.54, 1.807) is 37.4 Å². The van der Waals surface area contributed by atoms with Crippen molar-refractivity contribution < 1.29 is 18.7 Å². The van der Waals surface area contributed by atoms with E-state index in [4.69, 9.17) is 13.9 Å². The summed E-state index contributed by atoms with van der Waals surface area (Å²) in [5, 5.41) is 2.81. The van der Waals surface area contributed by atoms with Crippen molar-refractivity contribution in [2.75, 3.05) is 19.0 Å². The summed E-state index contributed by atoms with van der Waals surface area (Å²) in [5.74, 6) is 1.61. The zero-order chi connectivity index (χ0) is 19.3. The van der Waals surface area contributed by atoms with Gasteiger partial charge in [-0.25, -0.2) is 4.98 Å². The van der Waals surface area contributed by atoms with E-state index in [1.165, 1.54) is 0 Å². The second kappa shape index (κ2) is 7.84. The van der Waals surface area contributed by atoms with Crippen LogP contribution in [0.5, 0.6) is 11.5 Å². The third kappa shape index (κ3) is 3.96. The molecule has 0 fully saturated rings. The fourth-order valence-corrected chi connectivity index (χ4v) is 2.75. The van der Waals surface area contributed by atoms with Crippen LogP contribution in [-0.2, 0) is 4.79 Å². The molecule has 0 aliphatic carbocycles. The Morgan fingerprint density at radius 1 is 1.00 bits per heavy atom. The first-order valence-electron chi connectivity index (χ1n) is 8.74. The maximum atomic E-state index is 12.1. The van der Waals surface area contributed by atoms with Gasteiger partial charge in [0.15, 0.2) is 12.2 Å². The summed E-state index contributed by atoms with van der Waals surface area (Å²) < 4.78 is 16.5. The van der Waals surface area contributed by atoms with Crippen LogP contribution in [0.25, 0.3) is 22.6 Å². The van der Waals surface area contributed by atoms with E-state index in [2.05, 4.69) is 10.3 Å².